The van der Waals surface area contributed by atoms with E-state index in [1.165, 1.54) is 0 Å². The van der Waals surface area contributed by atoms with E-state index >= 15 is 0 Å². The number of aliphatic hydroxyl groups is 1. The monoisotopic (exact) mass is 368 g/mol. The topological polar surface area (TPSA) is 73.4 Å². The summed E-state index contributed by atoms with van der Waals surface area (Å²) in [6, 6.07) is 11.3. The molecule has 0 radical (unpaired) electrons. The maximum absolute atomic E-state index is 12.7. The van der Waals surface area contributed by atoms with Gasteiger partial charge >= 0.3 is 0 Å². The number of carbonyl (C=O) groups is 2. The van der Waals surface area contributed by atoms with Gasteiger partial charge in [-0.1, -0.05) is 30.3 Å². The highest BCUT2D eigenvalue weighted by molar-refractivity contribution is 6.01. The molecule has 1 saturated heterocycles. The van der Waals surface area contributed by atoms with E-state index in [1.54, 1.807) is 12.3 Å². The van der Waals surface area contributed by atoms with E-state index in [9.17, 15) is 14.7 Å². The summed E-state index contributed by atoms with van der Waals surface area (Å²) in [5.74, 6) is 0.386. The fourth-order valence-corrected chi connectivity index (χ4v) is 3.78. The molecule has 0 bridgehead atoms. The second kappa shape index (κ2) is 8.09. The number of nitrogens with one attached hydrogen (secondary N) is 1. The second-order valence-corrected chi connectivity index (χ2v) is 8.14. The number of piperidine rings is 1. The van der Waals surface area contributed by atoms with Crippen molar-refractivity contribution in [1.29, 1.82) is 0 Å². The molecule has 1 fully saturated rings. The molecule has 1 aliphatic heterocycles. The van der Waals surface area contributed by atoms with E-state index in [1.807, 2.05) is 49.1 Å². The standard InChI is InChI=1S/C22H28N2O3/c1-22(2,27)14-17-8-10-24(11-9-17)21(26)19-13-18(15-23-19)20(25)12-16-6-4-3-5-7-16/h3-7,13,15,17,23,27H,8-12,14H2,1-2H3. The van der Waals surface area contributed by atoms with Crippen LogP contribution in [0.3, 0.4) is 0 Å². The van der Waals surface area contributed by atoms with Crippen LogP contribution in [0.15, 0.2) is 42.6 Å². The number of hydrogen-bond acceptors (Lipinski definition) is 3. The van der Waals surface area contributed by atoms with Crippen molar-refractivity contribution in [1.82, 2.24) is 9.88 Å². The van der Waals surface area contributed by atoms with Crippen LogP contribution in [-0.4, -0.2) is 45.4 Å². The molecule has 144 valence electrons. The van der Waals surface area contributed by atoms with Crippen LogP contribution >= 0.6 is 0 Å². The maximum Gasteiger partial charge on any atom is 0.270 e. The van der Waals surface area contributed by atoms with Crippen LogP contribution in [0, 0.1) is 5.92 Å². The molecule has 27 heavy (non-hydrogen) atoms. The van der Waals surface area contributed by atoms with Crippen molar-refractivity contribution in [2.24, 2.45) is 5.92 Å². The molecule has 1 aromatic heterocycles. The normalized spacial score (nSPS) is 15.7. The number of hydrogen-bond donors (Lipinski definition) is 2. The number of carbonyl (C=O) groups excluding carboxylic acids is 2. The minimum absolute atomic E-state index is 0.000357. The van der Waals surface area contributed by atoms with E-state index < -0.39 is 5.60 Å². The first-order valence-electron chi connectivity index (χ1n) is 9.59. The van der Waals surface area contributed by atoms with Crippen LogP contribution < -0.4 is 0 Å². The predicted octanol–water partition coefficient (Wildman–Crippen LogP) is 3.45. The fraction of sp³-hybridized carbons (Fsp3) is 0.455. The summed E-state index contributed by atoms with van der Waals surface area (Å²) in [5.41, 5.74) is 1.31. The number of likely N-dealkylation sites (tertiary alicyclic amines) is 1. The number of H-pyrrole nitrogens is 1. The number of benzene rings is 1. The van der Waals surface area contributed by atoms with Crippen LogP contribution in [0.1, 0.15) is 59.5 Å². The van der Waals surface area contributed by atoms with E-state index in [2.05, 4.69) is 4.98 Å². The van der Waals surface area contributed by atoms with Gasteiger partial charge in [-0.05, 0) is 50.7 Å². The average molecular weight is 368 g/mol. The molecule has 5 nitrogen and oxygen atoms in total. The van der Waals surface area contributed by atoms with Gasteiger partial charge in [0.1, 0.15) is 5.69 Å². The summed E-state index contributed by atoms with van der Waals surface area (Å²) in [6.45, 7) is 5.03. The van der Waals surface area contributed by atoms with Gasteiger partial charge < -0.3 is 15.0 Å². The lowest BCUT2D eigenvalue weighted by Gasteiger charge is -2.34. The molecule has 2 N–H and O–H groups in total. The summed E-state index contributed by atoms with van der Waals surface area (Å²) in [4.78, 5) is 30.0. The Balaban J connectivity index is 1.57. The molecule has 1 amide bonds. The molecular weight excluding hydrogens is 340 g/mol. The van der Waals surface area contributed by atoms with Gasteiger partial charge in [-0.25, -0.2) is 0 Å². The molecule has 0 atom stereocenters. The SMILES string of the molecule is CC(C)(O)CC1CCN(C(=O)c2cc(C(=O)Cc3ccccc3)c[nH]2)CC1. The van der Waals surface area contributed by atoms with Crippen LogP contribution in [0.25, 0.3) is 0 Å². The Bertz CT molecular complexity index is 781. The van der Waals surface area contributed by atoms with Crippen molar-refractivity contribution >= 4 is 11.7 Å². The average Bonchev–Trinajstić information content (AvgIpc) is 3.11. The lowest BCUT2D eigenvalue weighted by atomic mass is 9.86. The Labute approximate surface area is 160 Å². The molecule has 3 rings (SSSR count). The van der Waals surface area contributed by atoms with Crippen molar-refractivity contribution in [3.05, 3.63) is 59.4 Å². The first kappa shape index (κ1) is 19.4. The quantitative estimate of drug-likeness (QED) is 0.767. The lowest BCUT2D eigenvalue weighted by molar-refractivity contribution is 0.0357. The molecule has 0 unspecified atom stereocenters. The first-order valence-corrected chi connectivity index (χ1v) is 9.59. The second-order valence-electron chi connectivity index (χ2n) is 8.14. The number of aromatic nitrogens is 1. The van der Waals surface area contributed by atoms with Gasteiger partial charge in [0.25, 0.3) is 5.91 Å². The van der Waals surface area contributed by atoms with Gasteiger partial charge in [-0.3, -0.25) is 9.59 Å². The number of rotatable bonds is 6. The molecule has 5 heteroatoms. The Morgan fingerprint density at radius 3 is 2.48 bits per heavy atom. The molecule has 2 aromatic rings. The minimum atomic E-state index is -0.662. The zero-order chi connectivity index (χ0) is 19.4. The zero-order valence-corrected chi connectivity index (χ0v) is 16.1. The maximum atomic E-state index is 12.7. The highest BCUT2D eigenvalue weighted by Gasteiger charge is 2.28. The highest BCUT2D eigenvalue weighted by Crippen LogP contribution is 2.26. The molecule has 0 saturated carbocycles. The molecule has 1 aliphatic rings. The van der Waals surface area contributed by atoms with Gasteiger partial charge in [-0.2, -0.15) is 0 Å². The number of ketones is 1. The molecule has 2 heterocycles. The minimum Gasteiger partial charge on any atom is -0.390 e. The fourth-order valence-electron chi connectivity index (χ4n) is 3.78. The van der Waals surface area contributed by atoms with E-state index in [4.69, 9.17) is 0 Å². The number of nitrogens with zero attached hydrogens (tertiary/aromatic N) is 1. The Kier molecular flexibility index (Phi) is 5.80. The van der Waals surface area contributed by atoms with Crippen LogP contribution in [0.4, 0.5) is 0 Å². The smallest absolute Gasteiger partial charge is 0.270 e. The van der Waals surface area contributed by atoms with Gasteiger partial charge in [-0.15, -0.1) is 0 Å². The van der Waals surface area contributed by atoms with E-state index in [0.717, 1.165) is 24.8 Å². The van der Waals surface area contributed by atoms with Crippen LogP contribution in [-0.2, 0) is 6.42 Å². The summed E-state index contributed by atoms with van der Waals surface area (Å²) >= 11 is 0. The first-order chi connectivity index (χ1) is 12.8. The Morgan fingerprint density at radius 1 is 1.19 bits per heavy atom. The Hall–Kier alpha value is -2.40. The third-order valence-corrected chi connectivity index (χ3v) is 5.13. The van der Waals surface area contributed by atoms with Gasteiger partial charge in [0, 0.05) is 31.3 Å². The van der Waals surface area contributed by atoms with E-state index in [-0.39, 0.29) is 11.7 Å². The van der Waals surface area contributed by atoms with Crippen molar-refractivity contribution in [2.75, 3.05) is 13.1 Å². The molecule has 1 aromatic carbocycles. The zero-order valence-electron chi connectivity index (χ0n) is 16.1. The number of Topliss-reactive ketones (excluding diaryl/α,β-unsaturated/α-hetero) is 1. The summed E-state index contributed by atoms with van der Waals surface area (Å²) < 4.78 is 0. The van der Waals surface area contributed by atoms with Gasteiger partial charge in [0.05, 0.1) is 5.60 Å². The van der Waals surface area contributed by atoms with Crippen LogP contribution in [0.2, 0.25) is 0 Å². The van der Waals surface area contributed by atoms with Crippen molar-refractivity contribution in [3.63, 3.8) is 0 Å². The number of aromatic amines is 1. The Morgan fingerprint density at radius 2 is 1.85 bits per heavy atom. The largest absolute Gasteiger partial charge is 0.390 e. The van der Waals surface area contributed by atoms with Gasteiger partial charge in [0.15, 0.2) is 5.78 Å². The third kappa shape index (κ3) is 5.30. The summed E-state index contributed by atoms with van der Waals surface area (Å²) in [7, 11) is 0. The molecule has 0 aliphatic carbocycles. The summed E-state index contributed by atoms with van der Waals surface area (Å²) in [5, 5.41) is 9.97. The van der Waals surface area contributed by atoms with Crippen molar-refractivity contribution in [3.8, 4) is 0 Å². The molecular formula is C22H28N2O3. The summed E-state index contributed by atoms with van der Waals surface area (Å²) in [6.07, 6.45) is 4.51. The lowest BCUT2D eigenvalue weighted by Crippen LogP contribution is -2.40. The van der Waals surface area contributed by atoms with E-state index in [0.29, 0.717) is 36.7 Å². The third-order valence-electron chi connectivity index (χ3n) is 5.13. The van der Waals surface area contributed by atoms with Gasteiger partial charge in [0.2, 0.25) is 0 Å². The number of amides is 1. The van der Waals surface area contributed by atoms with Crippen molar-refractivity contribution in [2.45, 2.75) is 45.1 Å². The van der Waals surface area contributed by atoms with Crippen LogP contribution in [0.5, 0.6) is 0 Å². The molecule has 0 spiro atoms. The predicted molar refractivity (Wildman–Crippen MR) is 105 cm³/mol. The van der Waals surface area contributed by atoms with Crippen molar-refractivity contribution < 1.29 is 14.7 Å². The highest BCUT2D eigenvalue weighted by atomic mass is 16.3.